The van der Waals surface area contributed by atoms with Crippen molar-refractivity contribution in [3.63, 3.8) is 0 Å². The van der Waals surface area contributed by atoms with Gasteiger partial charge in [0.05, 0.1) is 5.54 Å². The molecule has 4 heteroatoms. The van der Waals surface area contributed by atoms with Crippen molar-refractivity contribution in [2.75, 3.05) is 11.1 Å². The van der Waals surface area contributed by atoms with Crippen LogP contribution in [-0.2, 0) is 0 Å². The number of amidine groups is 1. The molecule has 19 heavy (non-hydrogen) atoms. The number of rotatable bonds is 3. The van der Waals surface area contributed by atoms with Crippen molar-refractivity contribution in [3.8, 4) is 0 Å². The third-order valence-corrected chi connectivity index (χ3v) is 5.88. The number of fused-ring (bicyclic) bond motifs is 1. The average Bonchev–Trinajstić information content (AvgIpc) is 3.05. The molecule has 0 spiro atoms. The molecule has 0 radical (unpaired) electrons. The van der Waals surface area contributed by atoms with Crippen molar-refractivity contribution in [1.82, 2.24) is 0 Å². The molecule has 1 aliphatic rings. The maximum Gasteiger partial charge on any atom is 0.161 e. The molecule has 2 nitrogen and oxygen atoms in total. The van der Waals surface area contributed by atoms with Crippen LogP contribution in [0.15, 0.2) is 34.6 Å². The topological polar surface area (TPSA) is 24.4 Å². The highest BCUT2D eigenvalue weighted by atomic mass is 32.2. The van der Waals surface area contributed by atoms with Crippen molar-refractivity contribution >= 4 is 44.0 Å². The Morgan fingerprint density at radius 3 is 2.84 bits per heavy atom. The van der Waals surface area contributed by atoms with Gasteiger partial charge in [-0.3, -0.25) is 4.99 Å². The van der Waals surface area contributed by atoms with E-state index in [-0.39, 0.29) is 5.54 Å². The van der Waals surface area contributed by atoms with Crippen LogP contribution in [0.2, 0.25) is 0 Å². The number of benzene rings is 1. The Morgan fingerprint density at radius 1 is 1.26 bits per heavy atom. The van der Waals surface area contributed by atoms with Crippen LogP contribution in [0, 0.1) is 0 Å². The molecule has 3 rings (SSSR count). The van der Waals surface area contributed by atoms with Gasteiger partial charge in [-0.25, -0.2) is 0 Å². The Kier molecular flexibility index (Phi) is 3.54. The Labute approximate surface area is 122 Å². The van der Waals surface area contributed by atoms with Crippen LogP contribution in [0.3, 0.4) is 0 Å². The minimum Gasteiger partial charge on any atom is -0.335 e. The lowest BCUT2D eigenvalue weighted by molar-refractivity contribution is 0.456. The molecule has 0 amide bonds. The van der Waals surface area contributed by atoms with Crippen LogP contribution in [0.5, 0.6) is 0 Å². The predicted molar refractivity (Wildman–Crippen MR) is 88.7 cm³/mol. The van der Waals surface area contributed by atoms with Gasteiger partial charge in [-0.1, -0.05) is 25.6 Å². The molecular formula is C15H18N2S2. The number of thioether (sulfide) groups is 1. The van der Waals surface area contributed by atoms with Crippen molar-refractivity contribution in [2.45, 2.75) is 32.2 Å². The fourth-order valence-electron chi connectivity index (χ4n) is 2.33. The van der Waals surface area contributed by atoms with Crippen molar-refractivity contribution in [3.05, 3.63) is 29.6 Å². The number of hydrogen-bond donors (Lipinski definition) is 1. The Morgan fingerprint density at radius 2 is 2.11 bits per heavy atom. The molecule has 2 aromatic rings. The highest BCUT2D eigenvalue weighted by Crippen LogP contribution is 2.34. The quantitative estimate of drug-likeness (QED) is 0.862. The van der Waals surface area contributed by atoms with E-state index in [9.17, 15) is 0 Å². The number of nitrogens with one attached hydrogen (secondary N) is 1. The molecule has 0 atom stereocenters. The van der Waals surface area contributed by atoms with E-state index in [1.807, 2.05) is 11.8 Å². The van der Waals surface area contributed by atoms with Crippen LogP contribution >= 0.6 is 23.1 Å². The van der Waals surface area contributed by atoms with Gasteiger partial charge in [0.1, 0.15) is 0 Å². The van der Waals surface area contributed by atoms with E-state index >= 15 is 0 Å². The molecule has 0 aliphatic carbocycles. The summed E-state index contributed by atoms with van der Waals surface area (Å²) in [5.41, 5.74) is 1.29. The van der Waals surface area contributed by atoms with E-state index in [0.717, 1.165) is 29.4 Å². The fourth-order valence-corrected chi connectivity index (χ4v) is 4.42. The summed E-state index contributed by atoms with van der Waals surface area (Å²) in [7, 11) is 0. The highest BCUT2D eigenvalue weighted by Gasteiger charge is 2.32. The maximum atomic E-state index is 4.89. The Bertz CT molecular complexity index is 611. The van der Waals surface area contributed by atoms with E-state index in [2.05, 4.69) is 48.8 Å². The first-order valence-corrected chi connectivity index (χ1v) is 8.58. The molecule has 0 unspecified atom stereocenters. The lowest BCUT2D eigenvalue weighted by Crippen LogP contribution is -2.24. The lowest BCUT2D eigenvalue weighted by atomic mass is 9.97. The highest BCUT2D eigenvalue weighted by molar-refractivity contribution is 8.14. The number of aliphatic imine (C=N–C) groups is 1. The molecule has 0 saturated heterocycles. The SMILES string of the molecule is CCC1(CC)CSC(Nc2ccc3sccc3c2)=N1. The van der Waals surface area contributed by atoms with E-state index < -0.39 is 0 Å². The molecule has 100 valence electrons. The van der Waals surface area contributed by atoms with Gasteiger partial charge in [0.25, 0.3) is 0 Å². The molecule has 1 aromatic carbocycles. The van der Waals surface area contributed by atoms with Gasteiger partial charge in [0.15, 0.2) is 5.17 Å². The summed E-state index contributed by atoms with van der Waals surface area (Å²) >= 11 is 3.62. The van der Waals surface area contributed by atoms with E-state index in [1.165, 1.54) is 10.1 Å². The summed E-state index contributed by atoms with van der Waals surface area (Å²) < 4.78 is 1.34. The zero-order valence-corrected chi connectivity index (χ0v) is 12.9. The minimum absolute atomic E-state index is 0.152. The Balaban J connectivity index is 1.81. The van der Waals surface area contributed by atoms with Gasteiger partial charge in [-0.2, -0.15) is 0 Å². The van der Waals surface area contributed by atoms with Crippen LogP contribution in [0.1, 0.15) is 26.7 Å². The first-order valence-electron chi connectivity index (χ1n) is 6.71. The monoisotopic (exact) mass is 290 g/mol. The van der Waals surface area contributed by atoms with Crippen LogP contribution < -0.4 is 5.32 Å². The molecule has 1 N–H and O–H groups in total. The van der Waals surface area contributed by atoms with Gasteiger partial charge >= 0.3 is 0 Å². The number of hydrogen-bond acceptors (Lipinski definition) is 4. The van der Waals surface area contributed by atoms with Crippen molar-refractivity contribution in [2.24, 2.45) is 4.99 Å². The van der Waals surface area contributed by atoms with Crippen molar-refractivity contribution in [1.29, 1.82) is 0 Å². The van der Waals surface area contributed by atoms with Gasteiger partial charge in [-0.15, -0.1) is 11.3 Å². The molecule has 2 heterocycles. The summed E-state index contributed by atoms with van der Waals surface area (Å²) in [6, 6.07) is 8.68. The summed E-state index contributed by atoms with van der Waals surface area (Å²) in [5.74, 6) is 1.10. The molecule has 0 fully saturated rings. The summed E-state index contributed by atoms with van der Waals surface area (Å²) in [6.07, 6.45) is 2.23. The van der Waals surface area contributed by atoms with E-state index in [0.29, 0.717) is 0 Å². The number of anilines is 1. The Hall–Kier alpha value is -1.00. The molecule has 0 bridgehead atoms. The fraction of sp³-hybridized carbons (Fsp3) is 0.400. The standard InChI is InChI=1S/C15H18N2S2/c1-3-15(4-2)10-19-14(17-15)16-12-5-6-13-11(9-12)7-8-18-13/h5-9H,3-4,10H2,1-2H3,(H,16,17). The van der Waals surface area contributed by atoms with Crippen molar-refractivity contribution < 1.29 is 0 Å². The van der Waals surface area contributed by atoms with Crippen LogP contribution in [0.4, 0.5) is 5.69 Å². The summed E-state index contributed by atoms with van der Waals surface area (Å²) in [6.45, 7) is 4.46. The minimum atomic E-state index is 0.152. The second kappa shape index (κ2) is 5.17. The molecule has 0 saturated carbocycles. The maximum absolute atomic E-state index is 4.89. The molecular weight excluding hydrogens is 272 g/mol. The van der Waals surface area contributed by atoms with Gasteiger partial charge in [0, 0.05) is 16.1 Å². The lowest BCUT2D eigenvalue weighted by Gasteiger charge is -2.20. The first kappa shape index (κ1) is 13.0. The smallest absolute Gasteiger partial charge is 0.161 e. The zero-order valence-electron chi connectivity index (χ0n) is 11.3. The van der Waals surface area contributed by atoms with Gasteiger partial charge in [0.2, 0.25) is 0 Å². The normalized spacial score (nSPS) is 17.7. The van der Waals surface area contributed by atoms with Crippen LogP contribution in [-0.4, -0.2) is 16.5 Å². The van der Waals surface area contributed by atoms with E-state index in [1.54, 1.807) is 11.3 Å². The number of thiophene rings is 1. The molecule has 1 aromatic heterocycles. The summed E-state index contributed by atoms with van der Waals surface area (Å²) in [4.78, 5) is 4.89. The second-order valence-electron chi connectivity index (χ2n) is 4.94. The van der Waals surface area contributed by atoms with Crippen LogP contribution in [0.25, 0.3) is 10.1 Å². The predicted octanol–water partition coefficient (Wildman–Crippen LogP) is 4.97. The van der Waals surface area contributed by atoms with Gasteiger partial charge in [-0.05, 0) is 47.9 Å². The molecule has 1 aliphatic heterocycles. The first-order chi connectivity index (χ1) is 9.24. The second-order valence-corrected chi connectivity index (χ2v) is 6.85. The third-order valence-electron chi connectivity index (χ3n) is 3.84. The van der Waals surface area contributed by atoms with E-state index in [4.69, 9.17) is 4.99 Å². The number of nitrogens with zero attached hydrogens (tertiary/aromatic N) is 1. The summed E-state index contributed by atoms with van der Waals surface area (Å²) in [5, 5.41) is 7.97. The average molecular weight is 290 g/mol. The third kappa shape index (κ3) is 2.51. The largest absolute Gasteiger partial charge is 0.335 e. The zero-order chi connectivity index (χ0) is 13.3. The van der Waals surface area contributed by atoms with Gasteiger partial charge < -0.3 is 5.32 Å².